The van der Waals surface area contributed by atoms with Crippen molar-refractivity contribution in [1.82, 2.24) is 14.4 Å². The van der Waals surface area contributed by atoms with Crippen molar-refractivity contribution >= 4 is 34.6 Å². The Balaban J connectivity index is 2.06. The molecule has 0 saturated heterocycles. The summed E-state index contributed by atoms with van der Waals surface area (Å²) in [5, 5.41) is 6.13. The number of nitrogens with zero attached hydrogens (tertiary/aromatic N) is 3. The molecule has 1 aromatic carbocycles. The van der Waals surface area contributed by atoms with Crippen LogP contribution in [0.2, 0.25) is 5.02 Å². The van der Waals surface area contributed by atoms with Crippen LogP contribution in [0.5, 0.6) is 0 Å². The molecule has 5 nitrogen and oxygen atoms in total. The largest absolute Gasteiger partial charge is 0.369 e. The van der Waals surface area contributed by atoms with Crippen molar-refractivity contribution in [3.8, 4) is 0 Å². The number of anilines is 3. The average molecular weight is 306 g/mol. The van der Waals surface area contributed by atoms with Crippen LogP contribution in [0.3, 0.4) is 0 Å². The third-order valence-electron chi connectivity index (χ3n) is 2.94. The third-order valence-corrected chi connectivity index (χ3v) is 3.23. The fraction of sp³-hybridized carbons (Fsp3) is 0.143. The molecule has 0 aliphatic carbocycles. The number of nitrogens with one attached hydrogen (secondary N) is 2. The molecule has 21 heavy (non-hydrogen) atoms. The maximum absolute atomic E-state index is 14.0. The summed E-state index contributed by atoms with van der Waals surface area (Å²) >= 11 is 5.79. The van der Waals surface area contributed by atoms with Crippen molar-refractivity contribution in [3.05, 3.63) is 47.6 Å². The van der Waals surface area contributed by atoms with Crippen LogP contribution in [0.25, 0.3) is 5.65 Å². The summed E-state index contributed by atoms with van der Waals surface area (Å²) in [6.45, 7) is 2.71. The molecule has 7 heteroatoms. The molecule has 0 saturated carbocycles. The first-order chi connectivity index (χ1) is 10.2. The average Bonchev–Trinajstić information content (AvgIpc) is 2.93. The SMILES string of the molecule is CCNc1cn2ccnc2c(Nc2cccc(Cl)c2F)n1. The minimum Gasteiger partial charge on any atom is -0.369 e. The summed E-state index contributed by atoms with van der Waals surface area (Å²) in [6.07, 6.45) is 5.29. The van der Waals surface area contributed by atoms with Crippen LogP contribution in [0.15, 0.2) is 36.8 Å². The van der Waals surface area contributed by atoms with E-state index in [1.165, 1.54) is 6.07 Å². The van der Waals surface area contributed by atoms with Crippen LogP contribution >= 0.6 is 11.6 Å². The van der Waals surface area contributed by atoms with E-state index in [0.717, 1.165) is 6.54 Å². The summed E-state index contributed by atoms with van der Waals surface area (Å²) in [6, 6.07) is 4.77. The van der Waals surface area contributed by atoms with Crippen molar-refractivity contribution in [2.24, 2.45) is 0 Å². The number of halogens is 2. The van der Waals surface area contributed by atoms with E-state index in [2.05, 4.69) is 20.6 Å². The van der Waals surface area contributed by atoms with Gasteiger partial charge in [0.1, 0.15) is 5.82 Å². The molecule has 3 aromatic rings. The van der Waals surface area contributed by atoms with Crippen molar-refractivity contribution in [1.29, 1.82) is 0 Å². The van der Waals surface area contributed by atoms with Gasteiger partial charge < -0.3 is 15.0 Å². The lowest BCUT2D eigenvalue weighted by atomic mass is 10.3. The topological polar surface area (TPSA) is 54.2 Å². The van der Waals surface area contributed by atoms with Gasteiger partial charge in [0.05, 0.1) is 16.9 Å². The second-order valence-corrected chi connectivity index (χ2v) is 4.80. The first-order valence-electron chi connectivity index (χ1n) is 6.47. The molecule has 0 fully saturated rings. The first kappa shape index (κ1) is 13.6. The molecule has 0 bridgehead atoms. The molecular weight excluding hydrogens is 293 g/mol. The summed E-state index contributed by atoms with van der Waals surface area (Å²) in [5.41, 5.74) is 0.865. The van der Waals surface area contributed by atoms with E-state index in [4.69, 9.17) is 11.6 Å². The summed E-state index contributed by atoms with van der Waals surface area (Å²) in [5.74, 6) is 0.618. The van der Waals surface area contributed by atoms with E-state index in [9.17, 15) is 4.39 Å². The van der Waals surface area contributed by atoms with Crippen LogP contribution in [0.4, 0.5) is 21.7 Å². The minimum atomic E-state index is -0.514. The third kappa shape index (κ3) is 2.62. The van der Waals surface area contributed by atoms with E-state index >= 15 is 0 Å². The maximum atomic E-state index is 14.0. The molecule has 0 radical (unpaired) electrons. The monoisotopic (exact) mass is 305 g/mol. The number of hydrogen-bond acceptors (Lipinski definition) is 4. The van der Waals surface area contributed by atoms with Gasteiger partial charge in [-0.1, -0.05) is 17.7 Å². The van der Waals surface area contributed by atoms with Gasteiger partial charge in [-0.2, -0.15) is 0 Å². The van der Waals surface area contributed by atoms with Gasteiger partial charge in [-0.3, -0.25) is 0 Å². The lowest BCUT2D eigenvalue weighted by Crippen LogP contribution is -2.05. The minimum absolute atomic E-state index is 0.0576. The molecule has 0 amide bonds. The van der Waals surface area contributed by atoms with Crippen molar-refractivity contribution in [2.75, 3.05) is 17.2 Å². The second-order valence-electron chi connectivity index (χ2n) is 4.39. The zero-order chi connectivity index (χ0) is 14.8. The Labute approximate surface area is 125 Å². The van der Waals surface area contributed by atoms with Gasteiger partial charge >= 0.3 is 0 Å². The molecule has 3 rings (SSSR count). The van der Waals surface area contributed by atoms with Gasteiger partial charge in [0.2, 0.25) is 0 Å². The Morgan fingerprint density at radius 2 is 2.24 bits per heavy atom. The molecule has 0 spiro atoms. The summed E-state index contributed by atoms with van der Waals surface area (Å²) in [4.78, 5) is 8.64. The molecule has 0 atom stereocenters. The van der Waals surface area contributed by atoms with Gasteiger partial charge in [-0.05, 0) is 19.1 Å². The Morgan fingerprint density at radius 3 is 3.05 bits per heavy atom. The van der Waals surface area contributed by atoms with Crippen molar-refractivity contribution < 1.29 is 4.39 Å². The Kier molecular flexibility index (Phi) is 3.62. The van der Waals surface area contributed by atoms with E-state index in [0.29, 0.717) is 17.3 Å². The lowest BCUT2D eigenvalue weighted by molar-refractivity contribution is 0.632. The van der Waals surface area contributed by atoms with E-state index < -0.39 is 5.82 Å². The smallest absolute Gasteiger partial charge is 0.180 e. The Bertz CT molecular complexity index is 786. The van der Waals surface area contributed by atoms with Crippen LogP contribution in [0.1, 0.15) is 6.92 Å². The molecule has 2 aromatic heterocycles. The summed E-state index contributed by atoms with van der Waals surface area (Å²) < 4.78 is 15.8. The number of aromatic nitrogens is 3. The maximum Gasteiger partial charge on any atom is 0.180 e. The quantitative estimate of drug-likeness (QED) is 0.772. The number of hydrogen-bond donors (Lipinski definition) is 2. The first-order valence-corrected chi connectivity index (χ1v) is 6.85. The highest BCUT2D eigenvalue weighted by atomic mass is 35.5. The van der Waals surface area contributed by atoms with Crippen molar-refractivity contribution in [2.45, 2.75) is 6.92 Å². The predicted octanol–water partition coefficient (Wildman–Crippen LogP) is 3.70. The fourth-order valence-corrected chi connectivity index (χ4v) is 2.18. The van der Waals surface area contributed by atoms with Gasteiger partial charge in [-0.25, -0.2) is 14.4 Å². The van der Waals surface area contributed by atoms with E-state index in [1.807, 2.05) is 17.5 Å². The fourth-order valence-electron chi connectivity index (χ4n) is 2.01. The molecule has 0 aliphatic heterocycles. The van der Waals surface area contributed by atoms with Crippen LogP contribution < -0.4 is 10.6 Å². The van der Waals surface area contributed by atoms with Crippen LogP contribution in [-0.2, 0) is 0 Å². The predicted molar refractivity (Wildman–Crippen MR) is 81.8 cm³/mol. The highest BCUT2D eigenvalue weighted by molar-refractivity contribution is 6.31. The summed E-state index contributed by atoms with van der Waals surface area (Å²) in [7, 11) is 0. The van der Waals surface area contributed by atoms with Gasteiger partial charge in [-0.15, -0.1) is 0 Å². The highest BCUT2D eigenvalue weighted by Gasteiger charge is 2.11. The normalized spacial score (nSPS) is 10.8. The Hall–Kier alpha value is -2.34. The lowest BCUT2D eigenvalue weighted by Gasteiger charge is -2.11. The number of imidazole rings is 1. The number of rotatable bonds is 4. The number of benzene rings is 1. The van der Waals surface area contributed by atoms with Gasteiger partial charge in [0.15, 0.2) is 17.3 Å². The molecule has 0 aliphatic rings. The standard InChI is InChI=1S/C14H13ClFN5/c1-2-17-11-8-21-7-6-18-14(21)13(20-11)19-10-5-3-4-9(15)12(10)16/h3-8,17H,2H2,1H3,(H,19,20). The van der Waals surface area contributed by atoms with Gasteiger partial charge in [0, 0.05) is 18.9 Å². The zero-order valence-corrected chi connectivity index (χ0v) is 12.0. The van der Waals surface area contributed by atoms with Crippen LogP contribution in [0, 0.1) is 5.82 Å². The molecule has 0 unspecified atom stereocenters. The molecular formula is C14H13ClFN5. The second kappa shape index (κ2) is 5.57. The highest BCUT2D eigenvalue weighted by Crippen LogP contribution is 2.26. The van der Waals surface area contributed by atoms with Crippen LogP contribution in [-0.4, -0.2) is 20.9 Å². The molecule has 2 N–H and O–H groups in total. The molecule has 2 heterocycles. The van der Waals surface area contributed by atoms with E-state index in [1.54, 1.807) is 24.5 Å². The Morgan fingerprint density at radius 1 is 1.38 bits per heavy atom. The zero-order valence-electron chi connectivity index (χ0n) is 11.3. The van der Waals surface area contributed by atoms with E-state index in [-0.39, 0.29) is 10.7 Å². The van der Waals surface area contributed by atoms with Crippen molar-refractivity contribution in [3.63, 3.8) is 0 Å². The number of fused-ring (bicyclic) bond motifs is 1. The van der Waals surface area contributed by atoms with Gasteiger partial charge in [0.25, 0.3) is 0 Å². The molecule has 108 valence electrons.